The Hall–Kier alpha value is -1.69. The molecule has 2 fully saturated rings. The van der Waals surface area contributed by atoms with Gasteiger partial charge in [-0.25, -0.2) is 9.97 Å². The van der Waals surface area contributed by atoms with Crippen molar-refractivity contribution in [1.29, 1.82) is 0 Å². The number of rotatable bonds is 4. The van der Waals surface area contributed by atoms with Crippen LogP contribution < -0.4 is 5.32 Å². The third kappa shape index (κ3) is 2.57. The molecule has 1 spiro atoms. The van der Waals surface area contributed by atoms with E-state index in [9.17, 15) is 4.79 Å². The van der Waals surface area contributed by atoms with E-state index in [0.717, 1.165) is 51.0 Å². The Morgan fingerprint density at radius 1 is 1.42 bits per heavy atom. The van der Waals surface area contributed by atoms with Crippen LogP contribution >= 0.6 is 0 Å². The zero-order valence-electron chi connectivity index (χ0n) is 14.4. The third-order valence-electron chi connectivity index (χ3n) is 5.69. The molecule has 3 heterocycles. The van der Waals surface area contributed by atoms with E-state index >= 15 is 0 Å². The molecule has 6 heteroatoms. The number of nitrogens with zero attached hydrogens (tertiary/aromatic N) is 3. The molecule has 0 bridgehead atoms. The van der Waals surface area contributed by atoms with E-state index in [1.807, 2.05) is 6.20 Å². The molecular formula is C18H26N4O2. The van der Waals surface area contributed by atoms with Gasteiger partial charge >= 0.3 is 0 Å². The second kappa shape index (κ2) is 6.31. The van der Waals surface area contributed by atoms with Crippen LogP contribution in [0.15, 0.2) is 6.20 Å². The van der Waals surface area contributed by atoms with Crippen LogP contribution in [0.1, 0.15) is 63.1 Å². The maximum Gasteiger partial charge on any atom is 0.223 e. The number of carbonyl (C=O) groups is 1. The first kappa shape index (κ1) is 15.8. The van der Waals surface area contributed by atoms with Crippen molar-refractivity contribution in [2.24, 2.45) is 0 Å². The number of nitrogens with one attached hydrogen (secondary N) is 1. The van der Waals surface area contributed by atoms with Crippen molar-refractivity contribution >= 4 is 11.9 Å². The van der Waals surface area contributed by atoms with E-state index in [-0.39, 0.29) is 11.4 Å². The number of carbonyl (C=O) groups excluding carboxylic acids is 1. The van der Waals surface area contributed by atoms with Gasteiger partial charge in [-0.2, -0.15) is 0 Å². The fourth-order valence-corrected chi connectivity index (χ4v) is 4.19. The number of aromatic nitrogens is 2. The van der Waals surface area contributed by atoms with Crippen LogP contribution in [0.4, 0.5) is 5.95 Å². The fourth-order valence-electron chi connectivity index (χ4n) is 4.19. The molecule has 1 aromatic rings. The number of anilines is 1. The summed E-state index contributed by atoms with van der Waals surface area (Å²) in [7, 11) is 0. The molecule has 0 radical (unpaired) electrons. The predicted molar refractivity (Wildman–Crippen MR) is 90.5 cm³/mol. The summed E-state index contributed by atoms with van der Waals surface area (Å²) in [5.74, 6) is 0.953. The van der Waals surface area contributed by atoms with Crippen molar-refractivity contribution in [1.82, 2.24) is 14.9 Å². The van der Waals surface area contributed by atoms with Crippen molar-refractivity contribution in [3.05, 3.63) is 17.5 Å². The standard InChI is InChI=1S/C18H26N4O2/c1-2-4-16(23)22-12-15-14(18(22)7-3-8-18)11-19-17(21-15)20-13-5-9-24-10-6-13/h11,13H,2-10,12H2,1H3,(H,19,20,21). The highest BCUT2D eigenvalue weighted by molar-refractivity contribution is 5.78. The SMILES string of the molecule is CCCC(=O)N1Cc2nc(NC3CCOCC3)ncc2C12CCC2. The van der Waals surface area contributed by atoms with Gasteiger partial charge in [-0.15, -0.1) is 0 Å². The zero-order valence-corrected chi connectivity index (χ0v) is 14.4. The number of amides is 1. The summed E-state index contributed by atoms with van der Waals surface area (Å²) >= 11 is 0. The first-order valence-electron chi connectivity index (χ1n) is 9.24. The molecular weight excluding hydrogens is 304 g/mol. The Bertz CT molecular complexity index is 623. The molecule has 24 heavy (non-hydrogen) atoms. The first-order chi connectivity index (χ1) is 11.7. The van der Waals surface area contributed by atoms with E-state index < -0.39 is 0 Å². The molecule has 0 aromatic carbocycles. The topological polar surface area (TPSA) is 67.4 Å². The normalized spacial score (nSPS) is 22.3. The van der Waals surface area contributed by atoms with Crippen molar-refractivity contribution in [3.63, 3.8) is 0 Å². The molecule has 1 aromatic heterocycles. The van der Waals surface area contributed by atoms with Crippen molar-refractivity contribution in [3.8, 4) is 0 Å². The Morgan fingerprint density at radius 2 is 2.21 bits per heavy atom. The Balaban J connectivity index is 1.55. The Kier molecular flexibility index (Phi) is 4.16. The quantitative estimate of drug-likeness (QED) is 0.919. The molecule has 0 unspecified atom stereocenters. The maximum atomic E-state index is 12.6. The van der Waals surface area contributed by atoms with Gasteiger partial charge in [0, 0.05) is 37.4 Å². The van der Waals surface area contributed by atoms with Crippen LogP contribution in [0.25, 0.3) is 0 Å². The Labute approximate surface area is 143 Å². The lowest BCUT2D eigenvalue weighted by Gasteiger charge is -2.46. The largest absolute Gasteiger partial charge is 0.381 e. The molecule has 1 saturated heterocycles. The monoisotopic (exact) mass is 330 g/mol. The van der Waals surface area contributed by atoms with Crippen LogP contribution in [0.5, 0.6) is 0 Å². The first-order valence-corrected chi connectivity index (χ1v) is 9.24. The van der Waals surface area contributed by atoms with Crippen LogP contribution in [0.3, 0.4) is 0 Å². The zero-order chi connectivity index (χ0) is 16.6. The summed E-state index contributed by atoms with van der Waals surface area (Å²) in [4.78, 5) is 24.0. The average molecular weight is 330 g/mol. The Morgan fingerprint density at radius 3 is 2.88 bits per heavy atom. The number of hydrogen-bond acceptors (Lipinski definition) is 5. The van der Waals surface area contributed by atoms with Crippen LogP contribution in [-0.4, -0.2) is 40.0 Å². The van der Waals surface area contributed by atoms with Crippen molar-refractivity contribution < 1.29 is 9.53 Å². The predicted octanol–water partition coefficient (Wildman–Crippen LogP) is 2.59. The number of hydrogen-bond donors (Lipinski definition) is 1. The second-order valence-corrected chi connectivity index (χ2v) is 7.20. The lowest BCUT2D eigenvalue weighted by atomic mass is 9.72. The van der Waals surface area contributed by atoms with Crippen LogP contribution in [0, 0.1) is 0 Å². The minimum absolute atomic E-state index is 0.112. The van der Waals surface area contributed by atoms with Crippen LogP contribution in [0.2, 0.25) is 0 Å². The summed E-state index contributed by atoms with van der Waals surface area (Å²) < 4.78 is 5.40. The maximum absolute atomic E-state index is 12.6. The van der Waals surface area contributed by atoms with Crippen LogP contribution in [-0.2, 0) is 21.6 Å². The van der Waals surface area contributed by atoms with E-state index in [2.05, 4.69) is 22.1 Å². The highest BCUT2D eigenvalue weighted by atomic mass is 16.5. The fraction of sp³-hybridized carbons (Fsp3) is 0.722. The summed E-state index contributed by atoms with van der Waals surface area (Å²) in [5, 5.41) is 3.44. The molecule has 1 amide bonds. The highest BCUT2D eigenvalue weighted by Crippen LogP contribution is 2.52. The lowest BCUT2D eigenvalue weighted by molar-refractivity contribution is -0.141. The summed E-state index contributed by atoms with van der Waals surface area (Å²) in [6.45, 7) is 4.29. The van der Waals surface area contributed by atoms with E-state index in [1.165, 1.54) is 12.0 Å². The molecule has 130 valence electrons. The highest BCUT2D eigenvalue weighted by Gasteiger charge is 2.52. The van der Waals surface area contributed by atoms with Gasteiger partial charge in [0.2, 0.25) is 11.9 Å². The molecule has 1 aliphatic carbocycles. The number of fused-ring (bicyclic) bond motifs is 2. The summed E-state index contributed by atoms with van der Waals surface area (Å²) in [6, 6.07) is 0.383. The van der Waals surface area contributed by atoms with Gasteiger partial charge in [-0.3, -0.25) is 4.79 Å². The van der Waals surface area contributed by atoms with E-state index in [0.29, 0.717) is 25.0 Å². The van der Waals surface area contributed by atoms with Gasteiger partial charge in [0.25, 0.3) is 0 Å². The van der Waals surface area contributed by atoms with Gasteiger partial charge < -0.3 is 15.0 Å². The van der Waals surface area contributed by atoms with Crippen molar-refractivity contribution in [2.75, 3.05) is 18.5 Å². The molecule has 4 rings (SSSR count). The third-order valence-corrected chi connectivity index (χ3v) is 5.69. The minimum atomic E-state index is -0.112. The van der Waals surface area contributed by atoms with Gasteiger partial charge in [0.05, 0.1) is 17.8 Å². The molecule has 3 aliphatic rings. The van der Waals surface area contributed by atoms with E-state index in [1.54, 1.807) is 0 Å². The van der Waals surface area contributed by atoms with Gasteiger partial charge in [0.1, 0.15) is 0 Å². The van der Waals surface area contributed by atoms with Gasteiger partial charge in [-0.05, 0) is 38.5 Å². The molecule has 0 atom stereocenters. The molecule has 2 aliphatic heterocycles. The molecule has 6 nitrogen and oxygen atoms in total. The summed E-state index contributed by atoms with van der Waals surface area (Å²) in [5.41, 5.74) is 2.10. The lowest BCUT2D eigenvalue weighted by Crippen LogP contribution is -2.49. The van der Waals surface area contributed by atoms with Gasteiger partial charge in [0.15, 0.2) is 0 Å². The molecule has 1 N–H and O–H groups in total. The average Bonchev–Trinajstić information content (AvgIpc) is 2.91. The summed E-state index contributed by atoms with van der Waals surface area (Å²) in [6.07, 6.45) is 8.73. The number of ether oxygens (including phenoxy) is 1. The van der Waals surface area contributed by atoms with Gasteiger partial charge in [-0.1, -0.05) is 6.92 Å². The molecule has 1 saturated carbocycles. The second-order valence-electron chi connectivity index (χ2n) is 7.20. The van der Waals surface area contributed by atoms with E-state index in [4.69, 9.17) is 9.72 Å². The van der Waals surface area contributed by atoms with Crippen molar-refractivity contribution in [2.45, 2.75) is 70.0 Å². The smallest absolute Gasteiger partial charge is 0.223 e. The minimum Gasteiger partial charge on any atom is -0.381 e.